The van der Waals surface area contributed by atoms with Crippen LogP contribution in [-0.4, -0.2) is 49.2 Å². The number of rotatable bonds is 2. The largest absolute Gasteiger partial charge is 0.379 e. The molecule has 1 aliphatic heterocycles. The second-order valence-corrected chi connectivity index (χ2v) is 4.69. The van der Waals surface area contributed by atoms with Crippen LogP contribution >= 0.6 is 0 Å². The maximum Gasteiger partial charge on any atom is 0.234 e. The number of carbonyl (C=O) groups excluding carboxylic acids is 1. The van der Waals surface area contributed by atoms with Crippen LogP contribution in [0.5, 0.6) is 0 Å². The first kappa shape index (κ1) is 14.4. The highest BCUT2D eigenvalue weighted by Gasteiger charge is 2.17. The first-order valence-electron chi connectivity index (χ1n) is 5.08. The smallest absolute Gasteiger partial charge is 0.234 e. The topological polar surface area (TPSA) is 41.6 Å². The monoisotopic (exact) mass is 216 g/mol. The second-order valence-electron chi connectivity index (χ2n) is 4.69. The maximum absolute atomic E-state index is 11.5. The molecule has 0 atom stereocenters. The van der Waals surface area contributed by atoms with E-state index in [-0.39, 0.29) is 18.9 Å². The molecule has 0 radical (unpaired) electrons. The van der Waals surface area contributed by atoms with E-state index in [1.807, 2.05) is 20.8 Å². The van der Waals surface area contributed by atoms with E-state index in [2.05, 4.69) is 10.2 Å². The molecule has 1 fully saturated rings. The van der Waals surface area contributed by atoms with Crippen molar-refractivity contribution in [2.24, 2.45) is 0 Å². The van der Waals surface area contributed by atoms with Crippen LogP contribution in [0.3, 0.4) is 0 Å². The lowest BCUT2D eigenvalue weighted by atomic mass is 10.1. The molecule has 0 bridgehead atoms. The van der Waals surface area contributed by atoms with Gasteiger partial charge in [-0.15, -0.1) is 0 Å². The summed E-state index contributed by atoms with van der Waals surface area (Å²) in [7, 11) is 0. The normalized spacial score (nSPS) is 18.1. The van der Waals surface area contributed by atoms with Crippen molar-refractivity contribution >= 4 is 5.91 Å². The number of hydrogen-bond donors (Lipinski definition) is 1. The molecule has 4 nitrogen and oxygen atoms in total. The summed E-state index contributed by atoms with van der Waals surface area (Å²) in [5, 5.41) is 2.95. The van der Waals surface area contributed by atoms with Crippen molar-refractivity contribution in [1.29, 1.82) is 0 Å². The molecule has 0 aromatic rings. The van der Waals surface area contributed by atoms with Gasteiger partial charge in [0.15, 0.2) is 0 Å². The summed E-state index contributed by atoms with van der Waals surface area (Å²) < 4.78 is 5.21. The average Bonchev–Trinajstić information content (AvgIpc) is 2.02. The number of nitrogens with zero attached hydrogens (tertiary/aromatic N) is 1. The predicted octanol–water partition coefficient (Wildman–Crippen LogP) is 0.869. The Morgan fingerprint density at radius 2 is 1.87 bits per heavy atom. The molecule has 0 unspecified atom stereocenters. The third kappa shape index (κ3) is 6.47. The number of carbonyl (C=O) groups is 1. The maximum atomic E-state index is 11.5. The summed E-state index contributed by atoms with van der Waals surface area (Å²) in [5.74, 6) is 0.0967. The minimum Gasteiger partial charge on any atom is -0.379 e. The Morgan fingerprint density at radius 1 is 1.33 bits per heavy atom. The highest BCUT2D eigenvalue weighted by atomic mass is 16.5. The van der Waals surface area contributed by atoms with Crippen LogP contribution < -0.4 is 5.32 Å². The van der Waals surface area contributed by atoms with Crippen LogP contribution in [0, 0.1) is 0 Å². The van der Waals surface area contributed by atoms with Crippen LogP contribution in [0.2, 0.25) is 0 Å². The van der Waals surface area contributed by atoms with Gasteiger partial charge in [0.1, 0.15) is 0 Å². The Morgan fingerprint density at radius 3 is 2.33 bits per heavy atom. The second kappa shape index (κ2) is 6.08. The minimum atomic E-state index is -0.136. The zero-order valence-electron chi connectivity index (χ0n) is 9.30. The van der Waals surface area contributed by atoms with Crippen molar-refractivity contribution in [3.63, 3.8) is 0 Å². The van der Waals surface area contributed by atoms with Gasteiger partial charge in [-0.25, -0.2) is 0 Å². The van der Waals surface area contributed by atoms with Crippen molar-refractivity contribution in [2.45, 2.75) is 33.7 Å². The third-order valence-electron chi connectivity index (χ3n) is 1.99. The molecule has 1 saturated heterocycles. The third-order valence-corrected chi connectivity index (χ3v) is 1.99. The first-order chi connectivity index (χ1) is 6.47. The van der Waals surface area contributed by atoms with E-state index in [1.54, 1.807) is 0 Å². The summed E-state index contributed by atoms with van der Waals surface area (Å²) in [6.45, 7) is 9.65. The van der Waals surface area contributed by atoms with Gasteiger partial charge in [-0.3, -0.25) is 9.69 Å². The van der Waals surface area contributed by atoms with E-state index in [9.17, 15) is 4.79 Å². The number of nitrogens with one attached hydrogen (secondary N) is 1. The van der Waals surface area contributed by atoms with Crippen LogP contribution in [0.15, 0.2) is 0 Å². The molecule has 0 aliphatic carbocycles. The fourth-order valence-corrected chi connectivity index (χ4v) is 1.42. The lowest BCUT2D eigenvalue weighted by molar-refractivity contribution is -0.124. The molecule has 0 spiro atoms. The molecular formula is C11H24N2O2. The number of ether oxygens (including phenoxy) is 1. The molecule has 90 valence electrons. The summed E-state index contributed by atoms with van der Waals surface area (Å²) >= 11 is 0. The van der Waals surface area contributed by atoms with E-state index in [0.29, 0.717) is 6.54 Å². The Labute approximate surface area is 93.0 Å². The van der Waals surface area contributed by atoms with Gasteiger partial charge in [0.25, 0.3) is 0 Å². The van der Waals surface area contributed by atoms with Gasteiger partial charge in [-0.05, 0) is 20.8 Å². The van der Waals surface area contributed by atoms with Crippen LogP contribution in [0.4, 0.5) is 0 Å². The van der Waals surface area contributed by atoms with Gasteiger partial charge in [0, 0.05) is 18.6 Å². The quantitative estimate of drug-likeness (QED) is 0.744. The molecule has 1 rings (SSSR count). The van der Waals surface area contributed by atoms with Gasteiger partial charge in [0.05, 0.1) is 19.8 Å². The molecule has 1 heterocycles. The molecule has 1 aliphatic rings. The summed E-state index contributed by atoms with van der Waals surface area (Å²) in [5.41, 5.74) is -0.136. The Balaban J connectivity index is 0.00000196. The van der Waals surface area contributed by atoms with E-state index < -0.39 is 0 Å². The zero-order chi connectivity index (χ0) is 10.6. The minimum absolute atomic E-state index is 0. The highest BCUT2D eigenvalue weighted by molar-refractivity contribution is 5.78. The molecule has 15 heavy (non-hydrogen) atoms. The fourth-order valence-electron chi connectivity index (χ4n) is 1.42. The zero-order valence-corrected chi connectivity index (χ0v) is 9.30. The standard InChI is InChI=1S/C10H20N2O2.CH4/c1-10(2,3)11-9(13)8-12-4-6-14-7-5-12;/h4-8H2,1-3H3,(H,11,13);1H4. The molecule has 1 amide bonds. The van der Waals surface area contributed by atoms with Crippen molar-refractivity contribution in [1.82, 2.24) is 10.2 Å². The van der Waals surface area contributed by atoms with Gasteiger partial charge in [-0.2, -0.15) is 0 Å². The number of amides is 1. The van der Waals surface area contributed by atoms with E-state index in [4.69, 9.17) is 4.74 Å². The number of morpholine rings is 1. The van der Waals surface area contributed by atoms with Crippen molar-refractivity contribution in [2.75, 3.05) is 32.8 Å². The molecule has 0 aromatic heterocycles. The summed E-state index contributed by atoms with van der Waals surface area (Å²) in [6, 6.07) is 0. The fraction of sp³-hybridized carbons (Fsp3) is 0.909. The van der Waals surface area contributed by atoms with E-state index >= 15 is 0 Å². The average molecular weight is 216 g/mol. The molecule has 1 N–H and O–H groups in total. The van der Waals surface area contributed by atoms with Crippen molar-refractivity contribution < 1.29 is 9.53 Å². The first-order valence-corrected chi connectivity index (χ1v) is 5.08. The van der Waals surface area contributed by atoms with Gasteiger partial charge < -0.3 is 10.1 Å². The Hall–Kier alpha value is -0.610. The SMILES string of the molecule is C.CC(C)(C)NC(=O)CN1CCOCC1. The lowest BCUT2D eigenvalue weighted by Gasteiger charge is -2.28. The van der Waals surface area contributed by atoms with Crippen molar-refractivity contribution in [3.8, 4) is 0 Å². The van der Waals surface area contributed by atoms with Gasteiger partial charge in [0.2, 0.25) is 5.91 Å². The van der Waals surface area contributed by atoms with E-state index in [0.717, 1.165) is 26.3 Å². The summed E-state index contributed by atoms with van der Waals surface area (Å²) in [6.07, 6.45) is 0. The van der Waals surface area contributed by atoms with E-state index in [1.165, 1.54) is 0 Å². The molecular weight excluding hydrogens is 192 g/mol. The number of hydrogen-bond acceptors (Lipinski definition) is 3. The van der Waals surface area contributed by atoms with Crippen LogP contribution in [0.1, 0.15) is 28.2 Å². The lowest BCUT2D eigenvalue weighted by Crippen LogP contribution is -2.48. The Kier molecular flexibility index (Phi) is 5.83. The van der Waals surface area contributed by atoms with Crippen LogP contribution in [0.25, 0.3) is 0 Å². The Bertz CT molecular complexity index is 193. The molecule has 0 saturated carbocycles. The summed E-state index contributed by atoms with van der Waals surface area (Å²) in [4.78, 5) is 13.6. The molecule has 0 aromatic carbocycles. The van der Waals surface area contributed by atoms with Crippen molar-refractivity contribution in [3.05, 3.63) is 0 Å². The van der Waals surface area contributed by atoms with Crippen LogP contribution in [-0.2, 0) is 9.53 Å². The molecule has 4 heteroatoms. The highest BCUT2D eigenvalue weighted by Crippen LogP contribution is 2.00. The van der Waals surface area contributed by atoms with Gasteiger partial charge >= 0.3 is 0 Å². The predicted molar refractivity (Wildman–Crippen MR) is 61.9 cm³/mol. The van der Waals surface area contributed by atoms with Gasteiger partial charge in [-0.1, -0.05) is 7.43 Å².